The van der Waals surface area contributed by atoms with Gasteiger partial charge in [-0.05, 0) is 17.7 Å². The first kappa shape index (κ1) is 13.4. The molecule has 0 aliphatic heterocycles. The second-order valence-corrected chi connectivity index (χ2v) is 3.97. The van der Waals surface area contributed by atoms with E-state index < -0.39 is 0 Å². The standard InChI is InChI=1S/C16H17O3/c1-17-15-8-5-9-16(12-15)19-11-10-18-13-14-6-3-2-4-7-14/h2-9H,10-11,13H2,1H3. The minimum Gasteiger partial charge on any atom is -0.496 e. The van der Waals surface area contributed by atoms with Crippen molar-refractivity contribution in [2.75, 3.05) is 20.3 Å². The molecule has 0 heterocycles. The Morgan fingerprint density at radius 3 is 2.47 bits per heavy atom. The number of hydrogen-bond donors (Lipinski definition) is 0. The van der Waals surface area contributed by atoms with Gasteiger partial charge in [0.05, 0.1) is 26.4 Å². The third-order valence-corrected chi connectivity index (χ3v) is 2.56. The Kier molecular flexibility index (Phi) is 5.26. The first-order valence-corrected chi connectivity index (χ1v) is 6.19. The fourth-order valence-electron chi connectivity index (χ4n) is 1.61. The van der Waals surface area contributed by atoms with Gasteiger partial charge >= 0.3 is 0 Å². The van der Waals surface area contributed by atoms with Gasteiger partial charge in [-0.2, -0.15) is 0 Å². The van der Waals surface area contributed by atoms with Crippen LogP contribution in [0.3, 0.4) is 0 Å². The van der Waals surface area contributed by atoms with Gasteiger partial charge < -0.3 is 14.2 Å². The molecule has 0 bridgehead atoms. The Morgan fingerprint density at radius 1 is 0.895 bits per heavy atom. The van der Waals surface area contributed by atoms with Crippen molar-refractivity contribution in [1.82, 2.24) is 0 Å². The summed E-state index contributed by atoms with van der Waals surface area (Å²) in [7, 11) is 1.61. The molecule has 0 N–H and O–H groups in total. The van der Waals surface area contributed by atoms with Crippen LogP contribution in [0.15, 0.2) is 48.5 Å². The van der Waals surface area contributed by atoms with Crippen LogP contribution in [-0.4, -0.2) is 20.3 Å². The predicted molar refractivity (Wildman–Crippen MR) is 73.4 cm³/mol. The average Bonchev–Trinajstić information content (AvgIpc) is 2.48. The third-order valence-electron chi connectivity index (χ3n) is 2.56. The Balaban J connectivity index is 1.66. The van der Waals surface area contributed by atoms with Crippen LogP contribution in [0.2, 0.25) is 0 Å². The van der Waals surface area contributed by atoms with Gasteiger partial charge in [0.15, 0.2) is 0 Å². The SMILES string of the molecule is COc1[c]c(OCCOCc2ccccc2)ccc1. The summed E-state index contributed by atoms with van der Waals surface area (Å²) in [5.74, 6) is 1.34. The smallest absolute Gasteiger partial charge is 0.131 e. The molecule has 3 heteroatoms. The maximum Gasteiger partial charge on any atom is 0.131 e. The molecule has 99 valence electrons. The van der Waals surface area contributed by atoms with Gasteiger partial charge in [0, 0.05) is 0 Å². The molecule has 2 aromatic rings. The van der Waals surface area contributed by atoms with Gasteiger partial charge in [0.1, 0.15) is 18.1 Å². The molecular weight excluding hydrogens is 240 g/mol. The summed E-state index contributed by atoms with van der Waals surface area (Å²) in [5, 5.41) is 0. The second-order valence-electron chi connectivity index (χ2n) is 3.97. The molecule has 2 rings (SSSR count). The van der Waals surface area contributed by atoms with Crippen LogP contribution in [0.25, 0.3) is 0 Å². The van der Waals surface area contributed by atoms with Crippen LogP contribution in [-0.2, 0) is 11.3 Å². The van der Waals surface area contributed by atoms with Crippen molar-refractivity contribution in [2.24, 2.45) is 0 Å². The van der Waals surface area contributed by atoms with Crippen LogP contribution in [0.1, 0.15) is 5.56 Å². The molecule has 0 unspecified atom stereocenters. The molecule has 0 fully saturated rings. The predicted octanol–water partition coefficient (Wildman–Crippen LogP) is 3.09. The number of ether oxygens (including phenoxy) is 3. The average molecular weight is 257 g/mol. The van der Waals surface area contributed by atoms with Crippen molar-refractivity contribution in [2.45, 2.75) is 6.61 Å². The van der Waals surface area contributed by atoms with Crippen LogP contribution in [0.4, 0.5) is 0 Å². The zero-order valence-electron chi connectivity index (χ0n) is 11.0. The molecule has 0 amide bonds. The first-order chi connectivity index (χ1) is 9.38. The molecule has 0 aliphatic rings. The zero-order valence-corrected chi connectivity index (χ0v) is 11.0. The van der Waals surface area contributed by atoms with Gasteiger partial charge in [-0.3, -0.25) is 0 Å². The molecule has 0 aliphatic carbocycles. The zero-order chi connectivity index (χ0) is 13.3. The highest BCUT2D eigenvalue weighted by molar-refractivity contribution is 5.30. The minimum atomic E-state index is 0.497. The maximum absolute atomic E-state index is 5.53. The van der Waals surface area contributed by atoms with Crippen molar-refractivity contribution in [3.8, 4) is 11.5 Å². The maximum atomic E-state index is 5.53. The van der Waals surface area contributed by atoms with E-state index in [4.69, 9.17) is 14.2 Å². The summed E-state index contributed by atoms with van der Waals surface area (Å²) in [6.45, 7) is 1.64. The highest BCUT2D eigenvalue weighted by Gasteiger charge is 1.97. The van der Waals surface area contributed by atoms with E-state index in [-0.39, 0.29) is 0 Å². The molecule has 3 nitrogen and oxygen atoms in total. The fraction of sp³-hybridized carbons (Fsp3) is 0.250. The van der Waals surface area contributed by atoms with Crippen molar-refractivity contribution in [3.63, 3.8) is 0 Å². The van der Waals surface area contributed by atoms with Crippen molar-refractivity contribution >= 4 is 0 Å². The minimum absolute atomic E-state index is 0.497. The summed E-state index contributed by atoms with van der Waals surface area (Å²) >= 11 is 0. The molecule has 19 heavy (non-hydrogen) atoms. The summed E-state index contributed by atoms with van der Waals surface area (Å²) in [6.07, 6.45) is 0. The Morgan fingerprint density at radius 2 is 1.68 bits per heavy atom. The van der Waals surface area contributed by atoms with E-state index in [0.29, 0.717) is 31.3 Å². The summed E-state index contributed by atoms with van der Waals surface area (Å²) in [5.41, 5.74) is 1.16. The van der Waals surface area contributed by atoms with E-state index in [9.17, 15) is 0 Å². The Labute approximate surface area is 113 Å². The van der Waals surface area contributed by atoms with Gasteiger partial charge in [0.25, 0.3) is 0 Å². The molecule has 0 saturated carbocycles. The van der Waals surface area contributed by atoms with Gasteiger partial charge in [0.2, 0.25) is 0 Å². The Bertz CT molecular complexity index is 482. The number of methoxy groups -OCH3 is 1. The lowest BCUT2D eigenvalue weighted by Gasteiger charge is -2.08. The molecule has 2 aromatic carbocycles. The van der Waals surface area contributed by atoms with Crippen molar-refractivity contribution in [3.05, 3.63) is 60.2 Å². The van der Waals surface area contributed by atoms with E-state index in [1.165, 1.54) is 0 Å². The molecule has 0 aromatic heterocycles. The fourth-order valence-corrected chi connectivity index (χ4v) is 1.61. The van der Waals surface area contributed by atoms with Crippen LogP contribution >= 0.6 is 0 Å². The van der Waals surface area contributed by atoms with Crippen LogP contribution < -0.4 is 9.47 Å². The summed E-state index contributed by atoms with van der Waals surface area (Å²) < 4.78 is 16.1. The third kappa shape index (κ3) is 4.64. The molecular formula is C16H17O3. The lowest BCUT2D eigenvalue weighted by Crippen LogP contribution is -2.06. The molecule has 0 saturated heterocycles. The lowest BCUT2D eigenvalue weighted by atomic mass is 10.2. The van der Waals surface area contributed by atoms with E-state index in [1.807, 2.05) is 48.5 Å². The van der Waals surface area contributed by atoms with E-state index in [2.05, 4.69) is 6.07 Å². The monoisotopic (exact) mass is 257 g/mol. The van der Waals surface area contributed by atoms with Crippen LogP contribution in [0.5, 0.6) is 11.5 Å². The van der Waals surface area contributed by atoms with E-state index >= 15 is 0 Å². The lowest BCUT2D eigenvalue weighted by molar-refractivity contribution is 0.0887. The Hall–Kier alpha value is -2.00. The highest BCUT2D eigenvalue weighted by atomic mass is 16.5. The summed E-state index contributed by atoms with van der Waals surface area (Å²) in [6, 6.07) is 18.6. The first-order valence-electron chi connectivity index (χ1n) is 6.19. The number of hydrogen-bond acceptors (Lipinski definition) is 3. The largest absolute Gasteiger partial charge is 0.496 e. The van der Waals surface area contributed by atoms with Crippen molar-refractivity contribution in [1.29, 1.82) is 0 Å². The van der Waals surface area contributed by atoms with E-state index in [1.54, 1.807) is 7.11 Å². The van der Waals surface area contributed by atoms with Crippen molar-refractivity contribution < 1.29 is 14.2 Å². The van der Waals surface area contributed by atoms with Gasteiger partial charge in [-0.15, -0.1) is 0 Å². The van der Waals surface area contributed by atoms with E-state index in [0.717, 1.165) is 5.56 Å². The topological polar surface area (TPSA) is 27.7 Å². The summed E-state index contributed by atoms with van der Waals surface area (Å²) in [4.78, 5) is 0. The molecule has 0 atom stereocenters. The normalized spacial score (nSPS) is 10.2. The molecule has 0 spiro atoms. The second kappa shape index (κ2) is 7.44. The van der Waals surface area contributed by atoms with Crippen LogP contribution in [0, 0.1) is 6.07 Å². The van der Waals surface area contributed by atoms with Gasteiger partial charge in [-0.1, -0.05) is 36.4 Å². The highest BCUT2D eigenvalue weighted by Crippen LogP contribution is 2.17. The molecule has 1 radical (unpaired) electrons. The van der Waals surface area contributed by atoms with Gasteiger partial charge in [-0.25, -0.2) is 0 Å². The quantitative estimate of drug-likeness (QED) is 0.713. The number of benzene rings is 2. The number of rotatable bonds is 7.